The second-order valence-electron chi connectivity index (χ2n) is 3.41. The summed E-state index contributed by atoms with van der Waals surface area (Å²) in [5.74, 6) is 0. The van der Waals surface area contributed by atoms with Gasteiger partial charge in [-0.15, -0.1) is 0 Å². The van der Waals surface area contributed by atoms with Crippen LogP contribution in [-0.2, 0) is 13.1 Å². The molecule has 0 saturated carbocycles. The number of nitrogens with one attached hydrogen (secondary N) is 2. The van der Waals surface area contributed by atoms with Crippen LogP contribution in [0.3, 0.4) is 0 Å². The molecule has 0 fully saturated rings. The third-order valence-corrected chi connectivity index (χ3v) is 3.06. The number of benzene rings is 1. The smallest absolute Gasteiger partial charge is 0.304 e. The van der Waals surface area contributed by atoms with Crippen molar-refractivity contribution in [3.05, 3.63) is 55.6 Å². The Morgan fingerprint density at radius 1 is 1.38 bits per heavy atom. The van der Waals surface area contributed by atoms with Crippen LogP contribution >= 0.6 is 22.9 Å². The fourth-order valence-electron chi connectivity index (χ4n) is 1.39. The van der Waals surface area contributed by atoms with E-state index in [0.717, 1.165) is 22.8 Å². The zero-order chi connectivity index (χ0) is 11.4. The van der Waals surface area contributed by atoms with Gasteiger partial charge in [-0.2, -0.15) is 0 Å². The molecule has 0 bridgehead atoms. The first kappa shape index (κ1) is 11.4. The van der Waals surface area contributed by atoms with Gasteiger partial charge in [0.1, 0.15) is 0 Å². The average Bonchev–Trinajstić information content (AvgIpc) is 2.64. The van der Waals surface area contributed by atoms with Crippen molar-refractivity contribution >= 4 is 22.9 Å². The zero-order valence-corrected chi connectivity index (χ0v) is 10.1. The number of aromatic amines is 1. The van der Waals surface area contributed by atoms with Gasteiger partial charge in [-0.05, 0) is 17.7 Å². The van der Waals surface area contributed by atoms with Crippen molar-refractivity contribution in [2.45, 2.75) is 13.1 Å². The van der Waals surface area contributed by atoms with E-state index in [-0.39, 0.29) is 4.87 Å². The van der Waals surface area contributed by atoms with E-state index in [2.05, 4.69) is 10.3 Å². The molecule has 0 aliphatic heterocycles. The summed E-state index contributed by atoms with van der Waals surface area (Å²) in [5.41, 5.74) is 2.04. The number of hydrogen-bond acceptors (Lipinski definition) is 3. The van der Waals surface area contributed by atoms with Gasteiger partial charge in [-0.1, -0.05) is 35.1 Å². The van der Waals surface area contributed by atoms with E-state index in [9.17, 15) is 4.79 Å². The molecular formula is C11H11ClN2OS. The van der Waals surface area contributed by atoms with Gasteiger partial charge in [0.25, 0.3) is 0 Å². The third-order valence-electron chi connectivity index (χ3n) is 2.10. The summed E-state index contributed by atoms with van der Waals surface area (Å²) in [6.07, 6.45) is 0. The lowest BCUT2D eigenvalue weighted by Gasteiger charge is -2.03. The first-order valence-corrected chi connectivity index (χ1v) is 6.11. The van der Waals surface area contributed by atoms with Crippen molar-refractivity contribution < 1.29 is 0 Å². The Labute approximate surface area is 102 Å². The second kappa shape index (κ2) is 5.30. The largest absolute Gasteiger partial charge is 0.315 e. The number of rotatable bonds is 4. The lowest BCUT2D eigenvalue weighted by Crippen LogP contribution is -2.13. The summed E-state index contributed by atoms with van der Waals surface area (Å²) in [6.45, 7) is 1.39. The normalized spacial score (nSPS) is 10.6. The molecule has 0 aliphatic rings. The highest BCUT2D eigenvalue weighted by Gasteiger charge is 1.97. The van der Waals surface area contributed by atoms with Gasteiger partial charge in [0.2, 0.25) is 0 Å². The van der Waals surface area contributed by atoms with E-state index in [0.29, 0.717) is 6.54 Å². The van der Waals surface area contributed by atoms with Crippen LogP contribution in [0.25, 0.3) is 0 Å². The van der Waals surface area contributed by atoms with Gasteiger partial charge >= 0.3 is 4.87 Å². The van der Waals surface area contributed by atoms with E-state index in [1.54, 1.807) is 0 Å². The monoisotopic (exact) mass is 254 g/mol. The number of H-pyrrole nitrogens is 1. The fraction of sp³-hybridized carbons (Fsp3) is 0.182. The average molecular weight is 255 g/mol. The molecule has 16 heavy (non-hydrogen) atoms. The molecule has 2 rings (SSSR count). The molecule has 0 radical (unpaired) electrons. The molecule has 0 amide bonds. The Kier molecular flexibility index (Phi) is 3.77. The highest BCUT2D eigenvalue weighted by Crippen LogP contribution is 2.10. The summed E-state index contributed by atoms with van der Waals surface area (Å²) in [5, 5.41) is 5.80. The first-order valence-electron chi connectivity index (χ1n) is 4.86. The molecule has 84 valence electrons. The molecule has 1 aromatic carbocycles. The summed E-state index contributed by atoms with van der Waals surface area (Å²) in [7, 11) is 0. The molecule has 0 atom stereocenters. The number of thiazole rings is 1. The van der Waals surface area contributed by atoms with E-state index in [1.807, 2.05) is 29.6 Å². The Morgan fingerprint density at radius 3 is 2.94 bits per heavy atom. The van der Waals surface area contributed by atoms with Crippen LogP contribution in [0.2, 0.25) is 5.02 Å². The number of hydrogen-bond donors (Lipinski definition) is 2. The maximum absolute atomic E-state index is 10.9. The molecule has 1 heterocycles. The van der Waals surface area contributed by atoms with Crippen molar-refractivity contribution in [1.29, 1.82) is 0 Å². The minimum absolute atomic E-state index is 0.0143. The van der Waals surface area contributed by atoms with Crippen LogP contribution in [0.15, 0.2) is 34.4 Å². The van der Waals surface area contributed by atoms with E-state index in [1.165, 1.54) is 11.3 Å². The third kappa shape index (κ3) is 3.20. The topological polar surface area (TPSA) is 44.9 Å². The quantitative estimate of drug-likeness (QED) is 0.880. The summed E-state index contributed by atoms with van der Waals surface area (Å²) >= 11 is 7.05. The second-order valence-corrected chi connectivity index (χ2v) is 4.69. The Hall–Kier alpha value is -1.10. The molecule has 5 heteroatoms. The Morgan fingerprint density at radius 2 is 2.25 bits per heavy atom. The molecule has 2 aromatic rings. The van der Waals surface area contributed by atoms with Gasteiger partial charge in [-0.25, -0.2) is 0 Å². The molecule has 0 unspecified atom stereocenters. The minimum Gasteiger partial charge on any atom is -0.315 e. The van der Waals surface area contributed by atoms with Crippen LogP contribution in [0.5, 0.6) is 0 Å². The highest BCUT2D eigenvalue weighted by atomic mass is 35.5. The van der Waals surface area contributed by atoms with Gasteiger partial charge < -0.3 is 10.3 Å². The highest BCUT2D eigenvalue weighted by molar-refractivity contribution is 7.07. The van der Waals surface area contributed by atoms with Crippen LogP contribution in [0.1, 0.15) is 11.3 Å². The Bertz CT molecular complexity index is 520. The van der Waals surface area contributed by atoms with Crippen molar-refractivity contribution in [2.24, 2.45) is 0 Å². The predicted octanol–water partition coefficient (Wildman–Crippen LogP) is 2.38. The number of aromatic nitrogens is 1. The van der Waals surface area contributed by atoms with Gasteiger partial charge in [0.15, 0.2) is 0 Å². The standard InChI is InChI=1S/C11H11ClN2OS/c12-9-3-1-2-8(4-9)5-13-6-10-7-16-11(15)14-10/h1-4,7,13H,5-6H2,(H,14,15). The van der Waals surface area contributed by atoms with Crippen molar-refractivity contribution in [2.75, 3.05) is 0 Å². The van der Waals surface area contributed by atoms with Crippen LogP contribution in [0.4, 0.5) is 0 Å². The van der Waals surface area contributed by atoms with Crippen LogP contribution in [0, 0.1) is 0 Å². The van der Waals surface area contributed by atoms with Crippen molar-refractivity contribution in [3.8, 4) is 0 Å². The van der Waals surface area contributed by atoms with Crippen LogP contribution in [-0.4, -0.2) is 4.98 Å². The van der Waals surface area contributed by atoms with Crippen molar-refractivity contribution in [3.63, 3.8) is 0 Å². The SMILES string of the molecule is O=c1[nH]c(CNCc2cccc(Cl)c2)cs1. The summed E-state index contributed by atoms with van der Waals surface area (Å²) < 4.78 is 0. The fourth-order valence-corrected chi connectivity index (χ4v) is 2.18. The van der Waals surface area contributed by atoms with Crippen LogP contribution < -0.4 is 10.2 Å². The van der Waals surface area contributed by atoms with Crippen molar-refractivity contribution in [1.82, 2.24) is 10.3 Å². The lowest BCUT2D eigenvalue weighted by atomic mass is 10.2. The molecule has 0 spiro atoms. The summed E-state index contributed by atoms with van der Waals surface area (Å²) in [4.78, 5) is 13.6. The molecular weight excluding hydrogens is 244 g/mol. The minimum atomic E-state index is -0.0143. The zero-order valence-electron chi connectivity index (χ0n) is 8.50. The summed E-state index contributed by atoms with van der Waals surface area (Å²) in [6, 6.07) is 7.70. The van der Waals surface area contributed by atoms with Gasteiger partial charge in [0, 0.05) is 29.2 Å². The van der Waals surface area contributed by atoms with Gasteiger partial charge in [-0.3, -0.25) is 4.79 Å². The molecule has 3 nitrogen and oxygen atoms in total. The molecule has 0 saturated heterocycles. The molecule has 2 N–H and O–H groups in total. The molecule has 1 aromatic heterocycles. The van der Waals surface area contributed by atoms with Gasteiger partial charge in [0.05, 0.1) is 0 Å². The Balaban J connectivity index is 1.86. The van der Waals surface area contributed by atoms with E-state index in [4.69, 9.17) is 11.6 Å². The van der Waals surface area contributed by atoms with E-state index < -0.39 is 0 Å². The maximum atomic E-state index is 10.9. The molecule has 0 aliphatic carbocycles. The maximum Gasteiger partial charge on any atom is 0.304 e. The van der Waals surface area contributed by atoms with E-state index >= 15 is 0 Å². The lowest BCUT2D eigenvalue weighted by molar-refractivity contribution is 0.682. The number of halogens is 1. The predicted molar refractivity (Wildman–Crippen MR) is 66.9 cm³/mol. The first-order chi connectivity index (χ1) is 7.74.